The summed E-state index contributed by atoms with van der Waals surface area (Å²) in [5.41, 5.74) is 7.04. The monoisotopic (exact) mass is 504 g/mol. The second-order valence-electron chi connectivity index (χ2n) is 10.9. The van der Waals surface area contributed by atoms with Crippen molar-refractivity contribution in [1.29, 1.82) is 0 Å². The molecule has 0 aliphatic heterocycles. The number of rotatable bonds is 6. The van der Waals surface area contributed by atoms with Gasteiger partial charge in [-0.2, -0.15) is 0 Å². The number of aryl methyl sites for hydroxylation is 2. The molecule has 6 nitrogen and oxygen atoms in total. The lowest BCUT2D eigenvalue weighted by molar-refractivity contribution is -0.171. The van der Waals surface area contributed by atoms with Crippen LogP contribution < -0.4 is 9.47 Å². The van der Waals surface area contributed by atoms with Crippen LogP contribution in [-0.4, -0.2) is 39.4 Å². The van der Waals surface area contributed by atoms with Gasteiger partial charge >= 0.3 is 11.9 Å². The van der Waals surface area contributed by atoms with Gasteiger partial charge in [0.05, 0.1) is 39.3 Å². The highest BCUT2D eigenvalue weighted by Crippen LogP contribution is 2.65. The van der Waals surface area contributed by atoms with Crippen LogP contribution in [0.4, 0.5) is 0 Å². The second kappa shape index (κ2) is 9.38. The first kappa shape index (κ1) is 24.3. The van der Waals surface area contributed by atoms with E-state index in [1.807, 2.05) is 0 Å². The van der Waals surface area contributed by atoms with Crippen molar-refractivity contribution in [2.75, 3.05) is 27.4 Å². The number of esters is 2. The molecule has 7 rings (SSSR count). The third-order valence-electron chi connectivity index (χ3n) is 9.21. The Morgan fingerprint density at radius 3 is 1.46 bits per heavy atom. The van der Waals surface area contributed by atoms with Crippen molar-refractivity contribution in [3.8, 4) is 11.5 Å². The van der Waals surface area contributed by atoms with Gasteiger partial charge < -0.3 is 18.9 Å². The summed E-state index contributed by atoms with van der Waals surface area (Å²) in [7, 11) is 3.46. The van der Waals surface area contributed by atoms with Crippen molar-refractivity contribution in [2.45, 2.75) is 69.6 Å². The Morgan fingerprint density at radius 2 is 1.11 bits per heavy atom. The van der Waals surface area contributed by atoms with Gasteiger partial charge in [0.15, 0.2) is 0 Å². The van der Waals surface area contributed by atoms with Crippen LogP contribution in [-0.2, 0) is 31.9 Å². The molecule has 196 valence electrons. The number of carbonyl (C=O) groups is 2. The zero-order valence-electron chi connectivity index (χ0n) is 22.2. The van der Waals surface area contributed by atoms with Crippen LogP contribution in [0.15, 0.2) is 24.3 Å². The first-order valence-corrected chi connectivity index (χ1v) is 13.8. The van der Waals surface area contributed by atoms with Gasteiger partial charge in [0.1, 0.15) is 11.5 Å². The van der Waals surface area contributed by atoms with Crippen LogP contribution in [0, 0.1) is 11.8 Å². The lowest BCUT2D eigenvalue weighted by Gasteiger charge is -2.51. The lowest BCUT2D eigenvalue weighted by Crippen LogP contribution is -2.52. The molecule has 0 saturated heterocycles. The van der Waals surface area contributed by atoms with Crippen molar-refractivity contribution in [3.63, 3.8) is 0 Å². The molecule has 0 heterocycles. The molecule has 6 bridgehead atoms. The summed E-state index contributed by atoms with van der Waals surface area (Å²) in [6, 6.07) is 9.12. The Kier molecular flexibility index (Phi) is 6.16. The number of ether oxygens (including phenoxy) is 4. The smallest absolute Gasteiger partial charge is 0.310 e. The molecule has 2 unspecified atom stereocenters. The number of carbonyl (C=O) groups excluding carboxylic acids is 2. The van der Waals surface area contributed by atoms with Crippen molar-refractivity contribution in [1.82, 2.24) is 0 Å². The predicted octanol–water partition coefficient (Wildman–Crippen LogP) is 5.41. The Bertz CT molecular complexity index is 1150. The summed E-state index contributed by atoms with van der Waals surface area (Å²) in [6.07, 6.45) is 5.13. The predicted molar refractivity (Wildman–Crippen MR) is 138 cm³/mol. The molecule has 2 aromatic rings. The molecular weight excluding hydrogens is 468 g/mol. The summed E-state index contributed by atoms with van der Waals surface area (Å²) in [6.45, 7) is 4.13. The Hall–Kier alpha value is -3.02. The number of fused-ring (bicyclic) bond motifs is 2. The van der Waals surface area contributed by atoms with E-state index in [-0.39, 0.29) is 37.0 Å². The number of benzene rings is 2. The topological polar surface area (TPSA) is 71.1 Å². The molecule has 6 atom stereocenters. The lowest BCUT2D eigenvalue weighted by atomic mass is 9.51. The molecule has 0 radical (unpaired) electrons. The summed E-state index contributed by atoms with van der Waals surface area (Å²) < 4.78 is 23.4. The van der Waals surface area contributed by atoms with E-state index in [1.54, 1.807) is 28.1 Å². The molecule has 5 aliphatic rings. The van der Waals surface area contributed by atoms with Gasteiger partial charge in [-0.1, -0.05) is 24.3 Å². The van der Waals surface area contributed by atoms with Crippen LogP contribution >= 0.6 is 0 Å². The standard InChI is InChI=1S/C31H36O6/c1-5-36-30(32)26-24-22-14-16-8-7-9-17-13-21(19-11-10-18(19)20(12-16)28(22)34-3)29(35-4)23(15-17)25(24)27(26)31(33)37-6-2/h12-15,18-19,24-27H,5-11H2,1-4H3/t18?,19?,24-,25+,26+,27-. The van der Waals surface area contributed by atoms with E-state index < -0.39 is 11.8 Å². The van der Waals surface area contributed by atoms with Crippen molar-refractivity contribution in [2.24, 2.45) is 11.8 Å². The molecule has 0 spiro atoms. The van der Waals surface area contributed by atoms with Gasteiger partial charge in [0.25, 0.3) is 0 Å². The number of hydrogen-bond donors (Lipinski definition) is 0. The van der Waals surface area contributed by atoms with Gasteiger partial charge in [0.2, 0.25) is 0 Å². The molecule has 6 heteroatoms. The van der Waals surface area contributed by atoms with Gasteiger partial charge in [-0.25, -0.2) is 0 Å². The second-order valence-corrected chi connectivity index (χ2v) is 10.9. The maximum absolute atomic E-state index is 13.5. The third kappa shape index (κ3) is 3.58. The highest BCUT2D eigenvalue weighted by molar-refractivity contribution is 5.88. The first-order chi connectivity index (χ1) is 18.0. The van der Waals surface area contributed by atoms with Crippen LogP contribution in [0.2, 0.25) is 0 Å². The van der Waals surface area contributed by atoms with Crippen LogP contribution in [0.5, 0.6) is 11.5 Å². The molecule has 5 aliphatic carbocycles. The average Bonchev–Trinajstić information content (AvgIpc) is 2.84. The maximum atomic E-state index is 13.5. The van der Waals surface area contributed by atoms with Crippen LogP contribution in [0.3, 0.4) is 0 Å². The molecule has 37 heavy (non-hydrogen) atoms. The fourth-order valence-corrected chi connectivity index (χ4v) is 7.61. The van der Waals surface area contributed by atoms with Gasteiger partial charge in [-0.3, -0.25) is 9.59 Å². The minimum Gasteiger partial charge on any atom is -0.496 e. The molecule has 2 saturated carbocycles. The Balaban J connectivity index is 1.67. The fourth-order valence-electron chi connectivity index (χ4n) is 7.61. The van der Waals surface area contributed by atoms with Gasteiger partial charge in [-0.05, 0) is 91.2 Å². The van der Waals surface area contributed by atoms with Crippen LogP contribution in [0.25, 0.3) is 0 Å². The largest absolute Gasteiger partial charge is 0.496 e. The van der Waals surface area contributed by atoms with E-state index in [0.717, 1.165) is 54.7 Å². The van der Waals surface area contributed by atoms with Crippen molar-refractivity contribution < 1.29 is 28.5 Å². The van der Waals surface area contributed by atoms with Crippen molar-refractivity contribution in [3.05, 3.63) is 57.6 Å². The van der Waals surface area contributed by atoms with Crippen molar-refractivity contribution >= 4 is 11.9 Å². The molecular formula is C31H36O6. The quantitative estimate of drug-likeness (QED) is 0.490. The number of hydrogen-bond acceptors (Lipinski definition) is 6. The van der Waals surface area contributed by atoms with E-state index in [2.05, 4.69) is 24.3 Å². The molecule has 2 aromatic carbocycles. The maximum Gasteiger partial charge on any atom is 0.310 e. The molecule has 2 fully saturated rings. The zero-order valence-corrected chi connectivity index (χ0v) is 22.2. The third-order valence-corrected chi connectivity index (χ3v) is 9.21. The summed E-state index contributed by atoms with van der Waals surface area (Å²) in [5, 5.41) is 0. The summed E-state index contributed by atoms with van der Waals surface area (Å²) >= 11 is 0. The molecule has 0 amide bonds. The van der Waals surface area contributed by atoms with Crippen LogP contribution in [0.1, 0.15) is 90.2 Å². The summed E-state index contributed by atoms with van der Waals surface area (Å²) in [5.74, 6) is -0.112. The summed E-state index contributed by atoms with van der Waals surface area (Å²) in [4.78, 5) is 27.0. The Labute approximate surface area is 218 Å². The first-order valence-electron chi connectivity index (χ1n) is 13.8. The SMILES string of the molecule is CCOC(=O)[C@@H]1[C@H](C(=O)OCC)[C@H]2c3cc4cc(c3OC)C3CCC3c3cc(cc(c3OC)[C@@H]12)CCC4. The fraction of sp³-hybridized carbons (Fsp3) is 0.548. The number of methoxy groups -OCH3 is 2. The highest BCUT2D eigenvalue weighted by atomic mass is 16.5. The van der Waals surface area contributed by atoms with E-state index in [9.17, 15) is 9.59 Å². The highest BCUT2D eigenvalue weighted by Gasteiger charge is 2.62. The van der Waals surface area contributed by atoms with Gasteiger partial charge in [0, 0.05) is 11.8 Å². The van der Waals surface area contributed by atoms with E-state index in [1.165, 1.54) is 22.3 Å². The van der Waals surface area contributed by atoms with E-state index in [4.69, 9.17) is 18.9 Å². The normalized spacial score (nSPS) is 28.4. The van der Waals surface area contributed by atoms with E-state index >= 15 is 0 Å². The van der Waals surface area contributed by atoms with E-state index in [0.29, 0.717) is 11.8 Å². The molecule has 0 N–H and O–H groups in total. The average molecular weight is 505 g/mol. The zero-order chi connectivity index (χ0) is 25.8. The Morgan fingerprint density at radius 1 is 0.703 bits per heavy atom. The minimum atomic E-state index is -0.643. The minimum absolute atomic E-state index is 0.261. The van der Waals surface area contributed by atoms with Gasteiger partial charge in [-0.15, -0.1) is 0 Å². The molecule has 0 aromatic heterocycles.